The van der Waals surface area contributed by atoms with Crippen LogP contribution in [0.5, 0.6) is 0 Å². The zero-order valence-electron chi connectivity index (χ0n) is 13.4. The zero-order chi connectivity index (χ0) is 16.2. The van der Waals surface area contributed by atoms with E-state index in [-0.39, 0.29) is 18.3 Å². The molecule has 3 aromatic carbocycles. The molecule has 24 heavy (non-hydrogen) atoms. The summed E-state index contributed by atoms with van der Waals surface area (Å²) in [5.74, 6) is 0.281. The molecule has 0 aliphatic heterocycles. The van der Waals surface area contributed by atoms with Crippen LogP contribution in [-0.2, 0) is 0 Å². The summed E-state index contributed by atoms with van der Waals surface area (Å²) in [5.41, 5.74) is 2.53. The highest BCUT2D eigenvalue weighted by molar-refractivity contribution is 6.42. The van der Waals surface area contributed by atoms with Crippen molar-refractivity contribution in [1.29, 1.82) is 0 Å². The second-order valence-electron chi connectivity index (χ2n) is 5.69. The molecule has 0 bridgehead atoms. The fourth-order valence-corrected chi connectivity index (χ4v) is 3.38. The van der Waals surface area contributed by atoms with Crippen LogP contribution in [0.2, 0.25) is 10.0 Å². The quantitative estimate of drug-likeness (QED) is 0.547. The van der Waals surface area contributed by atoms with Gasteiger partial charge in [-0.3, -0.25) is 0 Å². The summed E-state index contributed by atoms with van der Waals surface area (Å²) >= 11 is 12.3. The van der Waals surface area contributed by atoms with Gasteiger partial charge in [0.1, 0.15) is 0 Å². The Kier molecular flexibility index (Phi) is 6.94. The molecule has 0 fully saturated rings. The fraction of sp³-hybridized carbons (Fsp3) is 0.200. The molecule has 1 nitrogen and oxygen atoms in total. The lowest BCUT2D eigenvalue weighted by molar-refractivity contribution is 0.664. The summed E-state index contributed by atoms with van der Waals surface area (Å²) in [5, 5.41) is 7.02. The van der Waals surface area contributed by atoms with Crippen molar-refractivity contribution in [2.24, 2.45) is 0 Å². The van der Waals surface area contributed by atoms with Gasteiger partial charge in [-0.1, -0.05) is 71.7 Å². The molecule has 0 saturated heterocycles. The van der Waals surface area contributed by atoms with Crippen molar-refractivity contribution in [2.75, 3.05) is 13.6 Å². The van der Waals surface area contributed by atoms with Gasteiger partial charge in [-0.25, -0.2) is 0 Å². The molecule has 1 unspecified atom stereocenters. The van der Waals surface area contributed by atoms with E-state index in [0.717, 1.165) is 13.0 Å². The van der Waals surface area contributed by atoms with Gasteiger partial charge in [0.15, 0.2) is 0 Å². The van der Waals surface area contributed by atoms with E-state index in [2.05, 4.69) is 53.8 Å². The van der Waals surface area contributed by atoms with Crippen LogP contribution in [0.25, 0.3) is 10.8 Å². The van der Waals surface area contributed by atoms with Crippen molar-refractivity contribution in [3.8, 4) is 0 Å². The molecule has 126 valence electrons. The molecule has 3 aromatic rings. The molecule has 4 heteroatoms. The molecule has 0 aliphatic carbocycles. The highest BCUT2D eigenvalue weighted by Crippen LogP contribution is 2.35. The Morgan fingerprint density at radius 3 is 2.42 bits per heavy atom. The number of hydrogen-bond acceptors (Lipinski definition) is 1. The number of rotatable bonds is 5. The van der Waals surface area contributed by atoms with E-state index in [9.17, 15) is 0 Å². The summed E-state index contributed by atoms with van der Waals surface area (Å²) in [6.07, 6.45) is 1.00. The molecular weight excluding hydrogens is 361 g/mol. The highest BCUT2D eigenvalue weighted by atomic mass is 35.5. The molecule has 0 heterocycles. The van der Waals surface area contributed by atoms with Gasteiger partial charge in [0.2, 0.25) is 0 Å². The molecule has 1 N–H and O–H groups in total. The molecule has 0 saturated carbocycles. The van der Waals surface area contributed by atoms with Crippen molar-refractivity contribution in [3.63, 3.8) is 0 Å². The minimum Gasteiger partial charge on any atom is -0.320 e. The average Bonchev–Trinajstić information content (AvgIpc) is 2.58. The Balaban J connectivity index is 0.00000208. The van der Waals surface area contributed by atoms with Crippen molar-refractivity contribution < 1.29 is 0 Å². The second-order valence-corrected chi connectivity index (χ2v) is 6.50. The van der Waals surface area contributed by atoms with Crippen LogP contribution in [-0.4, -0.2) is 13.6 Å². The van der Waals surface area contributed by atoms with Crippen molar-refractivity contribution in [2.45, 2.75) is 12.3 Å². The van der Waals surface area contributed by atoms with Gasteiger partial charge in [-0.2, -0.15) is 0 Å². The largest absolute Gasteiger partial charge is 0.320 e. The van der Waals surface area contributed by atoms with Crippen LogP contribution in [0.15, 0.2) is 60.7 Å². The summed E-state index contributed by atoms with van der Waals surface area (Å²) in [4.78, 5) is 0. The van der Waals surface area contributed by atoms with Crippen molar-refractivity contribution in [3.05, 3.63) is 81.8 Å². The molecule has 1 atom stereocenters. The van der Waals surface area contributed by atoms with Crippen LogP contribution >= 0.6 is 35.6 Å². The standard InChI is InChI=1S/C20H19Cl2N.ClH/c1-23-12-11-17(15-9-10-19(21)20(22)13-15)18-8-4-6-14-5-2-3-7-16(14)18;/h2-10,13,17,23H,11-12H2,1H3;1H. The first-order valence-electron chi connectivity index (χ1n) is 7.78. The van der Waals surface area contributed by atoms with E-state index in [4.69, 9.17) is 23.2 Å². The van der Waals surface area contributed by atoms with Crippen LogP contribution in [0, 0.1) is 0 Å². The Bertz CT molecular complexity index is 812. The van der Waals surface area contributed by atoms with Crippen LogP contribution in [0.3, 0.4) is 0 Å². The molecule has 0 aromatic heterocycles. The second kappa shape index (κ2) is 8.73. The lowest BCUT2D eigenvalue weighted by atomic mass is 9.85. The van der Waals surface area contributed by atoms with Gasteiger partial charge in [-0.05, 0) is 54.0 Å². The molecule has 0 aliphatic rings. The molecule has 0 amide bonds. The number of benzene rings is 3. The predicted octanol–water partition coefficient (Wildman–Crippen LogP) is 6.31. The van der Waals surface area contributed by atoms with Crippen LogP contribution in [0.4, 0.5) is 0 Å². The molecule has 0 radical (unpaired) electrons. The Hall–Kier alpha value is -1.25. The normalized spacial score (nSPS) is 12.0. The first-order valence-corrected chi connectivity index (χ1v) is 8.53. The Morgan fingerprint density at radius 2 is 1.67 bits per heavy atom. The van der Waals surface area contributed by atoms with Gasteiger partial charge in [0.25, 0.3) is 0 Å². The van der Waals surface area contributed by atoms with Gasteiger partial charge in [0.05, 0.1) is 10.0 Å². The third kappa shape index (κ3) is 4.04. The minimum absolute atomic E-state index is 0. The van der Waals surface area contributed by atoms with Gasteiger partial charge < -0.3 is 5.32 Å². The number of fused-ring (bicyclic) bond motifs is 1. The van der Waals surface area contributed by atoms with Crippen molar-refractivity contribution >= 4 is 46.4 Å². The number of hydrogen-bond donors (Lipinski definition) is 1. The lowest BCUT2D eigenvalue weighted by Gasteiger charge is -2.20. The monoisotopic (exact) mass is 379 g/mol. The number of halogens is 3. The van der Waals surface area contributed by atoms with Crippen LogP contribution in [0.1, 0.15) is 23.5 Å². The topological polar surface area (TPSA) is 12.0 Å². The Labute approximate surface area is 159 Å². The minimum atomic E-state index is 0. The maximum absolute atomic E-state index is 6.25. The third-order valence-electron chi connectivity index (χ3n) is 4.23. The third-order valence-corrected chi connectivity index (χ3v) is 4.97. The Morgan fingerprint density at radius 1 is 0.917 bits per heavy atom. The van der Waals surface area contributed by atoms with Gasteiger partial charge in [0, 0.05) is 5.92 Å². The molecule has 0 spiro atoms. The van der Waals surface area contributed by atoms with E-state index >= 15 is 0 Å². The van der Waals surface area contributed by atoms with E-state index in [1.165, 1.54) is 21.9 Å². The van der Waals surface area contributed by atoms with E-state index in [1.807, 2.05) is 19.2 Å². The SMILES string of the molecule is CNCCC(c1ccc(Cl)c(Cl)c1)c1cccc2ccccc12.Cl. The molecular formula is C20H20Cl3N. The summed E-state index contributed by atoms with van der Waals surface area (Å²) in [6.45, 7) is 0.939. The first-order chi connectivity index (χ1) is 11.2. The first kappa shape index (κ1) is 19.1. The summed E-state index contributed by atoms with van der Waals surface area (Å²) in [7, 11) is 1.98. The van der Waals surface area contributed by atoms with Gasteiger partial charge in [-0.15, -0.1) is 12.4 Å². The number of nitrogens with one attached hydrogen (secondary N) is 1. The summed E-state index contributed by atoms with van der Waals surface area (Å²) < 4.78 is 0. The van der Waals surface area contributed by atoms with E-state index in [1.54, 1.807) is 0 Å². The van der Waals surface area contributed by atoms with E-state index < -0.39 is 0 Å². The van der Waals surface area contributed by atoms with Crippen molar-refractivity contribution in [1.82, 2.24) is 5.32 Å². The van der Waals surface area contributed by atoms with Gasteiger partial charge >= 0.3 is 0 Å². The van der Waals surface area contributed by atoms with E-state index in [0.29, 0.717) is 10.0 Å². The fourth-order valence-electron chi connectivity index (χ4n) is 3.07. The lowest BCUT2D eigenvalue weighted by Crippen LogP contribution is -2.13. The highest BCUT2D eigenvalue weighted by Gasteiger charge is 2.17. The molecule has 3 rings (SSSR count). The zero-order valence-corrected chi connectivity index (χ0v) is 15.8. The average molecular weight is 381 g/mol. The maximum Gasteiger partial charge on any atom is 0.0595 e. The van der Waals surface area contributed by atoms with Crippen LogP contribution < -0.4 is 5.32 Å². The maximum atomic E-state index is 6.25. The summed E-state index contributed by atoms with van der Waals surface area (Å²) in [6, 6.07) is 21.0. The predicted molar refractivity (Wildman–Crippen MR) is 108 cm³/mol. The smallest absolute Gasteiger partial charge is 0.0595 e.